The molecule has 2 aliphatic heterocycles. The van der Waals surface area contributed by atoms with Crippen LogP contribution in [0.1, 0.15) is 42.8 Å². The summed E-state index contributed by atoms with van der Waals surface area (Å²) in [6, 6.07) is 8.44. The molecule has 0 bridgehead atoms. The van der Waals surface area contributed by atoms with E-state index in [9.17, 15) is 8.96 Å². The molecule has 4 atom stereocenters. The molecule has 0 unspecified atom stereocenters. The van der Waals surface area contributed by atoms with E-state index in [-0.39, 0.29) is 13.0 Å². The SMILES string of the molecule is [2H]C([2H])([2H])O[C@@H]1CCN(c2nccc(Nc3cc4c(C(C)C)ccc(N5C[C@H](CP(C)(C)=O)[C@H]5C)c4cn3)n2)C[C@@H]1F. The summed E-state index contributed by atoms with van der Waals surface area (Å²) in [4.78, 5) is 17.7. The first-order chi connectivity index (χ1) is 19.7. The molecule has 3 aromatic rings. The second-order valence-corrected chi connectivity index (χ2v) is 15.1. The van der Waals surface area contributed by atoms with Crippen molar-refractivity contribution in [3.63, 3.8) is 0 Å². The molecule has 39 heavy (non-hydrogen) atoms. The molecular formula is C29H40FN6O2P. The molecule has 0 saturated carbocycles. The van der Waals surface area contributed by atoms with Gasteiger partial charge in [0.15, 0.2) is 0 Å². The minimum absolute atomic E-state index is 0.0528. The summed E-state index contributed by atoms with van der Waals surface area (Å²) in [6.07, 6.45) is 2.04. The molecule has 2 aliphatic rings. The van der Waals surface area contributed by atoms with Gasteiger partial charge >= 0.3 is 0 Å². The van der Waals surface area contributed by atoms with Crippen molar-refractivity contribution in [3.05, 3.63) is 42.2 Å². The van der Waals surface area contributed by atoms with Crippen molar-refractivity contribution in [3.8, 4) is 0 Å². The normalized spacial score (nSPS) is 25.3. The third-order valence-electron chi connectivity index (χ3n) is 7.94. The quantitative estimate of drug-likeness (QED) is 0.343. The fourth-order valence-electron chi connectivity index (χ4n) is 5.75. The van der Waals surface area contributed by atoms with Crippen molar-refractivity contribution in [2.75, 3.05) is 61.3 Å². The zero-order valence-electron chi connectivity index (χ0n) is 26.3. The Balaban J connectivity index is 1.35. The van der Waals surface area contributed by atoms with Crippen molar-refractivity contribution < 1.29 is 17.8 Å². The number of ether oxygens (including phenoxy) is 1. The van der Waals surface area contributed by atoms with Crippen LogP contribution in [0.25, 0.3) is 10.8 Å². The van der Waals surface area contributed by atoms with Gasteiger partial charge < -0.3 is 24.4 Å². The first kappa shape index (κ1) is 24.1. The highest BCUT2D eigenvalue weighted by atomic mass is 31.2. The Labute approximate surface area is 235 Å². The van der Waals surface area contributed by atoms with Gasteiger partial charge in [-0.15, -0.1) is 0 Å². The highest BCUT2D eigenvalue weighted by molar-refractivity contribution is 7.62. The summed E-state index contributed by atoms with van der Waals surface area (Å²) < 4.78 is 53.9. The zero-order chi connectivity index (χ0) is 30.4. The van der Waals surface area contributed by atoms with Crippen LogP contribution in [0.4, 0.5) is 27.7 Å². The molecular weight excluding hydrogens is 514 g/mol. The van der Waals surface area contributed by atoms with E-state index in [0.29, 0.717) is 42.0 Å². The first-order valence-electron chi connectivity index (χ1n) is 15.1. The summed E-state index contributed by atoms with van der Waals surface area (Å²) >= 11 is 0. The first-order valence-corrected chi connectivity index (χ1v) is 16.4. The molecule has 0 amide bonds. The fourth-order valence-corrected chi connectivity index (χ4v) is 7.30. The third-order valence-corrected chi connectivity index (χ3v) is 9.29. The lowest BCUT2D eigenvalue weighted by atomic mass is 9.88. The average Bonchev–Trinajstić information content (AvgIpc) is 2.90. The smallest absolute Gasteiger partial charge is 0.227 e. The van der Waals surface area contributed by atoms with E-state index in [2.05, 4.69) is 53.1 Å². The van der Waals surface area contributed by atoms with Crippen LogP contribution in [0, 0.1) is 5.92 Å². The second-order valence-electron chi connectivity index (χ2n) is 11.6. The van der Waals surface area contributed by atoms with Gasteiger partial charge in [0.25, 0.3) is 0 Å². The predicted octanol–water partition coefficient (Wildman–Crippen LogP) is 5.90. The monoisotopic (exact) mass is 557 g/mol. The number of nitrogens with zero attached hydrogens (tertiary/aromatic N) is 5. The lowest BCUT2D eigenvalue weighted by Crippen LogP contribution is -2.56. The van der Waals surface area contributed by atoms with Crippen LogP contribution in [0.2, 0.25) is 0 Å². The molecule has 2 aromatic heterocycles. The highest BCUT2D eigenvalue weighted by Crippen LogP contribution is 2.45. The van der Waals surface area contributed by atoms with Crippen LogP contribution in [-0.2, 0) is 9.30 Å². The maximum Gasteiger partial charge on any atom is 0.227 e. The van der Waals surface area contributed by atoms with Gasteiger partial charge in [-0.05, 0) is 61.7 Å². The van der Waals surface area contributed by atoms with Gasteiger partial charge in [0.2, 0.25) is 5.95 Å². The summed E-state index contributed by atoms with van der Waals surface area (Å²) in [6.45, 7) is 11.5. The number of anilines is 4. The van der Waals surface area contributed by atoms with E-state index in [1.807, 2.05) is 25.6 Å². The summed E-state index contributed by atoms with van der Waals surface area (Å²) in [5.41, 5.74) is 2.35. The number of hydrogen-bond donors (Lipinski definition) is 1. The lowest BCUT2D eigenvalue weighted by molar-refractivity contribution is 0.0194. The molecule has 210 valence electrons. The fraction of sp³-hybridized carbons (Fsp3) is 0.552. The molecule has 10 heteroatoms. The Morgan fingerprint density at radius 1 is 1.21 bits per heavy atom. The molecule has 0 radical (unpaired) electrons. The van der Waals surface area contributed by atoms with Gasteiger partial charge in [0, 0.05) is 61.7 Å². The largest absolute Gasteiger partial charge is 0.378 e. The Morgan fingerprint density at radius 2 is 2.03 bits per heavy atom. The summed E-state index contributed by atoms with van der Waals surface area (Å²) in [7, 11) is -4.72. The number of fused-ring (bicyclic) bond motifs is 1. The standard InChI is InChI=1S/C29H40FN6O2P/c1-18(2)21-7-8-25(36-15-20(19(36)3)17-39(5,6)37)23-14-32-28(13-22(21)23)33-27-9-11-31-29(34-27)35-12-10-26(38-4)24(30)16-35/h7-9,11,13-14,18-20,24,26H,10,12,15-17H2,1-6H3,(H,31,32,33,34)/t19-,20-,24+,26-/m1/s1/i4D3. The van der Waals surface area contributed by atoms with Crippen LogP contribution in [0.5, 0.6) is 0 Å². The van der Waals surface area contributed by atoms with E-state index in [4.69, 9.17) is 13.8 Å². The molecule has 1 aromatic carbocycles. The minimum atomic E-state index is -2.63. The minimum Gasteiger partial charge on any atom is -0.378 e. The predicted molar refractivity (Wildman–Crippen MR) is 158 cm³/mol. The topological polar surface area (TPSA) is 83.5 Å². The van der Waals surface area contributed by atoms with Crippen LogP contribution in [0.15, 0.2) is 36.7 Å². The molecule has 0 aliphatic carbocycles. The van der Waals surface area contributed by atoms with E-state index in [1.54, 1.807) is 17.2 Å². The Kier molecular flexibility index (Phi) is 6.79. The van der Waals surface area contributed by atoms with Gasteiger partial charge in [-0.25, -0.2) is 14.4 Å². The molecule has 5 rings (SSSR count). The maximum absolute atomic E-state index is 14.7. The lowest BCUT2D eigenvalue weighted by Gasteiger charge is -2.49. The van der Waals surface area contributed by atoms with Crippen molar-refractivity contribution in [1.29, 1.82) is 0 Å². The van der Waals surface area contributed by atoms with E-state index >= 15 is 0 Å². The summed E-state index contributed by atoms with van der Waals surface area (Å²) in [5, 5.41) is 5.47. The Hall–Kier alpha value is -2.77. The summed E-state index contributed by atoms with van der Waals surface area (Å²) in [5.74, 6) is 2.23. The van der Waals surface area contributed by atoms with Crippen LogP contribution < -0.4 is 15.1 Å². The van der Waals surface area contributed by atoms with Gasteiger partial charge in [0.1, 0.15) is 17.8 Å². The molecule has 8 nitrogen and oxygen atoms in total. The second kappa shape index (κ2) is 11.0. The number of halogens is 1. The molecule has 2 fully saturated rings. The molecule has 0 spiro atoms. The van der Waals surface area contributed by atoms with Crippen molar-refractivity contribution in [2.45, 2.75) is 51.4 Å². The zero-order valence-corrected chi connectivity index (χ0v) is 24.2. The number of rotatable bonds is 8. The number of alkyl halides is 1. The molecule has 1 N–H and O–H groups in total. The van der Waals surface area contributed by atoms with Gasteiger partial charge in [-0.1, -0.05) is 19.9 Å². The van der Waals surface area contributed by atoms with Crippen LogP contribution in [0.3, 0.4) is 0 Å². The number of aromatic nitrogens is 3. The Morgan fingerprint density at radius 3 is 2.72 bits per heavy atom. The van der Waals surface area contributed by atoms with Crippen molar-refractivity contribution in [2.24, 2.45) is 5.92 Å². The number of methoxy groups -OCH3 is 1. The van der Waals surface area contributed by atoms with E-state index < -0.39 is 26.5 Å². The number of hydrogen-bond acceptors (Lipinski definition) is 8. The van der Waals surface area contributed by atoms with Crippen LogP contribution >= 0.6 is 7.14 Å². The number of benzene rings is 1. The maximum atomic E-state index is 14.7. The van der Waals surface area contributed by atoms with E-state index in [1.165, 1.54) is 5.56 Å². The van der Waals surface area contributed by atoms with Gasteiger partial charge in [0.05, 0.1) is 23.9 Å². The molecule has 4 heterocycles. The van der Waals surface area contributed by atoms with E-state index in [0.717, 1.165) is 29.2 Å². The number of piperidine rings is 1. The Bertz CT molecular complexity index is 1490. The average molecular weight is 558 g/mol. The number of pyridine rings is 1. The highest BCUT2D eigenvalue weighted by Gasteiger charge is 2.38. The van der Waals surface area contributed by atoms with Gasteiger partial charge in [-0.2, -0.15) is 4.98 Å². The van der Waals surface area contributed by atoms with Crippen LogP contribution in [-0.4, -0.2) is 79.4 Å². The van der Waals surface area contributed by atoms with Crippen molar-refractivity contribution in [1.82, 2.24) is 15.0 Å². The van der Waals surface area contributed by atoms with Gasteiger partial charge in [-0.3, -0.25) is 0 Å². The number of nitrogens with one attached hydrogen (secondary N) is 1. The van der Waals surface area contributed by atoms with Crippen molar-refractivity contribution >= 4 is 41.2 Å². The molecule has 2 saturated heterocycles. The third kappa shape index (κ3) is 5.90.